The number of hydrogen-bond acceptors (Lipinski definition) is 3. The molecule has 2 aromatic rings. The van der Waals surface area contributed by atoms with Crippen LogP contribution in [0.2, 0.25) is 5.02 Å². The molecule has 0 radical (unpaired) electrons. The summed E-state index contributed by atoms with van der Waals surface area (Å²) < 4.78 is 0. The summed E-state index contributed by atoms with van der Waals surface area (Å²) in [5, 5.41) is 13.4. The van der Waals surface area contributed by atoms with Crippen molar-refractivity contribution in [2.75, 3.05) is 18.5 Å². The summed E-state index contributed by atoms with van der Waals surface area (Å²) in [6.45, 7) is 4.48. The molecule has 2 N–H and O–H groups in total. The van der Waals surface area contributed by atoms with E-state index in [9.17, 15) is 5.11 Å². The van der Waals surface area contributed by atoms with Crippen molar-refractivity contribution in [3.05, 3.63) is 58.6 Å². The van der Waals surface area contributed by atoms with Gasteiger partial charge in [-0.3, -0.25) is 0 Å². The molecule has 0 saturated heterocycles. The van der Waals surface area contributed by atoms with E-state index >= 15 is 0 Å². The molecule has 0 aliphatic carbocycles. The molecule has 3 nitrogen and oxygen atoms in total. The third-order valence-electron chi connectivity index (χ3n) is 3.57. The van der Waals surface area contributed by atoms with Crippen LogP contribution in [0.3, 0.4) is 0 Å². The van der Waals surface area contributed by atoms with Gasteiger partial charge >= 0.3 is 0 Å². The van der Waals surface area contributed by atoms with E-state index in [0.717, 1.165) is 18.7 Å². The Morgan fingerprint density at radius 2 is 1.71 bits per heavy atom. The Hall–Kier alpha value is -1.71. The Morgan fingerprint density at radius 1 is 1.05 bits per heavy atom. The number of phenols is 1. The summed E-state index contributed by atoms with van der Waals surface area (Å²) >= 11 is 6.08. The average Bonchev–Trinajstić information content (AvgIpc) is 2.51. The van der Waals surface area contributed by atoms with E-state index < -0.39 is 0 Å². The molecule has 112 valence electrons. The van der Waals surface area contributed by atoms with Crippen molar-refractivity contribution < 1.29 is 5.11 Å². The maximum Gasteiger partial charge on any atom is 0.134 e. The second-order valence-electron chi connectivity index (χ2n) is 5.00. The Balaban J connectivity index is 2.02. The van der Waals surface area contributed by atoms with Crippen molar-refractivity contribution in [3.63, 3.8) is 0 Å². The molecule has 0 saturated carbocycles. The predicted octanol–water partition coefficient (Wildman–Crippen LogP) is 3.79. The first-order valence-electron chi connectivity index (χ1n) is 7.09. The minimum atomic E-state index is 0.127. The van der Waals surface area contributed by atoms with Gasteiger partial charge in [-0.15, -0.1) is 0 Å². The van der Waals surface area contributed by atoms with Crippen LogP contribution in [-0.2, 0) is 13.1 Å². The summed E-state index contributed by atoms with van der Waals surface area (Å²) in [6.07, 6.45) is 0. The van der Waals surface area contributed by atoms with Crippen molar-refractivity contribution >= 4 is 17.3 Å². The van der Waals surface area contributed by atoms with Crippen LogP contribution in [0.15, 0.2) is 42.5 Å². The third kappa shape index (κ3) is 3.90. The highest BCUT2D eigenvalue weighted by Gasteiger charge is 2.07. The van der Waals surface area contributed by atoms with Gasteiger partial charge in [0.15, 0.2) is 0 Å². The summed E-state index contributed by atoms with van der Waals surface area (Å²) in [4.78, 5) is 2.22. The quantitative estimate of drug-likeness (QED) is 0.852. The largest absolute Gasteiger partial charge is 0.506 e. The zero-order chi connectivity index (χ0) is 15.2. The fourth-order valence-electron chi connectivity index (χ4n) is 2.24. The van der Waals surface area contributed by atoms with Crippen LogP contribution in [0.4, 0.5) is 5.69 Å². The third-order valence-corrected chi connectivity index (χ3v) is 4.00. The van der Waals surface area contributed by atoms with E-state index in [0.29, 0.717) is 11.6 Å². The number of hydrogen-bond donors (Lipinski definition) is 2. The van der Waals surface area contributed by atoms with Crippen molar-refractivity contribution in [3.8, 4) is 5.75 Å². The van der Waals surface area contributed by atoms with E-state index in [-0.39, 0.29) is 5.75 Å². The van der Waals surface area contributed by atoms with Crippen LogP contribution in [0.25, 0.3) is 0 Å². The highest BCUT2D eigenvalue weighted by atomic mass is 35.5. The zero-order valence-corrected chi connectivity index (χ0v) is 13.2. The number of nitrogens with zero attached hydrogens (tertiary/aromatic N) is 1. The minimum Gasteiger partial charge on any atom is -0.506 e. The molecule has 0 aliphatic rings. The molecule has 0 heterocycles. The van der Waals surface area contributed by atoms with Gasteiger partial charge in [0.05, 0.1) is 5.02 Å². The lowest BCUT2D eigenvalue weighted by Gasteiger charge is -2.21. The number of aromatic hydroxyl groups is 1. The van der Waals surface area contributed by atoms with Gasteiger partial charge in [-0.05, 0) is 30.2 Å². The van der Waals surface area contributed by atoms with Gasteiger partial charge in [0.25, 0.3) is 0 Å². The van der Waals surface area contributed by atoms with Crippen molar-refractivity contribution in [1.29, 1.82) is 0 Å². The number of phenolic OH excluding ortho intramolecular Hbond substituents is 1. The Labute approximate surface area is 131 Å². The van der Waals surface area contributed by atoms with Gasteiger partial charge in [0.1, 0.15) is 5.75 Å². The maximum absolute atomic E-state index is 9.60. The molecule has 4 heteroatoms. The lowest BCUT2D eigenvalue weighted by molar-refractivity contribution is 0.474. The van der Waals surface area contributed by atoms with Crippen LogP contribution in [-0.4, -0.2) is 18.7 Å². The molecule has 0 amide bonds. The van der Waals surface area contributed by atoms with Crippen LogP contribution in [0.1, 0.15) is 18.1 Å². The fraction of sp³-hybridized carbons (Fsp3) is 0.294. The lowest BCUT2D eigenvalue weighted by Crippen LogP contribution is -2.20. The molecule has 0 aromatic heterocycles. The van der Waals surface area contributed by atoms with Crippen molar-refractivity contribution in [2.24, 2.45) is 0 Å². The monoisotopic (exact) mass is 304 g/mol. The van der Waals surface area contributed by atoms with E-state index in [1.165, 1.54) is 11.3 Å². The van der Waals surface area contributed by atoms with Crippen LogP contribution in [0, 0.1) is 0 Å². The van der Waals surface area contributed by atoms with Gasteiger partial charge in [-0.25, -0.2) is 0 Å². The molecule has 0 spiro atoms. The molecule has 0 fully saturated rings. The first-order valence-corrected chi connectivity index (χ1v) is 7.47. The average molecular weight is 305 g/mol. The number of anilines is 1. The van der Waals surface area contributed by atoms with Gasteiger partial charge in [-0.1, -0.05) is 41.9 Å². The van der Waals surface area contributed by atoms with Gasteiger partial charge in [0, 0.05) is 32.4 Å². The Kier molecular flexibility index (Phi) is 5.48. The molecule has 2 rings (SSSR count). The Morgan fingerprint density at radius 3 is 2.48 bits per heavy atom. The molecular weight excluding hydrogens is 284 g/mol. The van der Waals surface area contributed by atoms with Gasteiger partial charge in [-0.2, -0.15) is 0 Å². The van der Waals surface area contributed by atoms with Gasteiger partial charge in [0.2, 0.25) is 0 Å². The number of para-hydroxylation sites is 1. The van der Waals surface area contributed by atoms with Gasteiger partial charge < -0.3 is 15.3 Å². The lowest BCUT2D eigenvalue weighted by atomic mass is 10.1. The minimum absolute atomic E-state index is 0.127. The molecule has 0 unspecified atom stereocenters. The SMILES string of the molecule is CCN(C)c1ccccc1CNCc1cccc(O)c1Cl. The van der Waals surface area contributed by atoms with Crippen LogP contribution >= 0.6 is 11.6 Å². The van der Waals surface area contributed by atoms with Crippen LogP contribution < -0.4 is 10.2 Å². The first-order chi connectivity index (χ1) is 10.1. The summed E-state index contributed by atoms with van der Waals surface area (Å²) in [5.41, 5.74) is 3.38. The predicted molar refractivity (Wildman–Crippen MR) is 89.0 cm³/mol. The molecule has 0 atom stereocenters. The summed E-state index contributed by atoms with van der Waals surface area (Å²) in [6, 6.07) is 13.7. The van der Waals surface area contributed by atoms with E-state index in [1.54, 1.807) is 12.1 Å². The smallest absolute Gasteiger partial charge is 0.134 e. The molecular formula is C17H21ClN2O. The number of nitrogens with one attached hydrogen (secondary N) is 1. The zero-order valence-electron chi connectivity index (χ0n) is 12.4. The number of rotatable bonds is 6. The highest BCUT2D eigenvalue weighted by Crippen LogP contribution is 2.26. The normalized spacial score (nSPS) is 10.6. The first kappa shape index (κ1) is 15.7. The number of halogens is 1. The number of benzene rings is 2. The van der Waals surface area contributed by atoms with E-state index in [2.05, 4.69) is 42.4 Å². The maximum atomic E-state index is 9.60. The topological polar surface area (TPSA) is 35.5 Å². The standard InChI is InChI=1S/C17H21ClN2O/c1-3-20(2)15-9-5-4-7-13(15)11-19-12-14-8-6-10-16(21)17(14)18/h4-10,19,21H,3,11-12H2,1-2H3. The molecule has 0 bridgehead atoms. The summed E-state index contributed by atoms with van der Waals surface area (Å²) in [7, 11) is 2.09. The molecule has 21 heavy (non-hydrogen) atoms. The highest BCUT2D eigenvalue weighted by molar-refractivity contribution is 6.32. The second-order valence-corrected chi connectivity index (χ2v) is 5.37. The summed E-state index contributed by atoms with van der Waals surface area (Å²) in [5.74, 6) is 0.127. The second kappa shape index (κ2) is 7.34. The molecule has 0 aliphatic heterocycles. The van der Waals surface area contributed by atoms with E-state index in [4.69, 9.17) is 11.6 Å². The van der Waals surface area contributed by atoms with E-state index in [1.807, 2.05) is 12.1 Å². The van der Waals surface area contributed by atoms with Crippen molar-refractivity contribution in [2.45, 2.75) is 20.0 Å². The Bertz CT molecular complexity index is 601. The molecule has 2 aromatic carbocycles. The van der Waals surface area contributed by atoms with Crippen molar-refractivity contribution in [1.82, 2.24) is 5.32 Å². The van der Waals surface area contributed by atoms with Crippen LogP contribution in [0.5, 0.6) is 5.75 Å². The fourth-order valence-corrected chi connectivity index (χ4v) is 2.43.